The maximum atomic E-state index is 10.8. The van der Waals surface area contributed by atoms with Gasteiger partial charge in [-0.25, -0.2) is 4.79 Å². The first kappa shape index (κ1) is 16.0. The van der Waals surface area contributed by atoms with Crippen LogP contribution in [-0.4, -0.2) is 24.3 Å². The molecule has 0 radical (unpaired) electrons. The number of hydrogen-bond acceptors (Lipinski definition) is 3. The Morgan fingerprint density at radius 1 is 1.35 bits per heavy atom. The molecule has 1 N–H and O–H groups in total. The Morgan fingerprint density at radius 2 is 2.10 bits per heavy atom. The summed E-state index contributed by atoms with van der Waals surface area (Å²) in [7, 11) is 1.36. The van der Waals surface area contributed by atoms with Crippen LogP contribution >= 0.6 is 0 Å². The lowest BCUT2D eigenvalue weighted by atomic mass is 10.1. The number of aliphatic hydroxyl groups excluding tert-OH is 1. The first-order valence-electron chi connectivity index (χ1n) is 6.71. The summed E-state index contributed by atoms with van der Waals surface area (Å²) in [5, 5.41) is 9.73. The highest BCUT2D eigenvalue weighted by Gasteiger charge is 1.98. The van der Waals surface area contributed by atoms with E-state index in [4.69, 9.17) is 0 Å². The van der Waals surface area contributed by atoms with Gasteiger partial charge in [0.25, 0.3) is 0 Å². The van der Waals surface area contributed by atoms with Crippen LogP contribution in [0.3, 0.4) is 0 Å². The SMILES string of the molecule is COC(=O)/C=C/CCCCC(O)C#Cc1ccccc1. The van der Waals surface area contributed by atoms with E-state index in [-0.39, 0.29) is 5.97 Å². The van der Waals surface area contributed by atoms with Crippen molar-refractivity contribution in [2.24, 2.45) is 0 Å². The van der Waals surface area contributed by atoms with Crippen LogP contribution in [0.15, 0.2) is 42.5 Å². The van der Waals surface area contributed by atoms with Crippen LogP contribution in [-0.2, 0) is 9.53 Å². The fourth-order valence-corrected chi connectivity index (χ4v) is 1.61. The van der Waals surface area contributed by atoms with Crippen molar-refractivity contribution in [3.05, 3.63) is 48.0 Å². The quantitative estimate of drug-likeness (QED) is 0.375. The maximum Gasteiger partial charge on any atom is 0.330 e. The second-order valence-corrected chi connectivity index (χ2v) is 4.36. The summed E-state index contributed by atoms with van der Waals surface area (Å²) in [4.78, 5) is 10.8. The van der Waals surface area contributed by atoms with E-state index in [0.717, 1.165) is 24.8 Å². The Balaban J connectivity index is 2.18. The molecule has 0 amide bonds. The predicted molar refractivity (Wildman–Crippen MR) is 79.0 cm³/mol. The molecule has 0 saturated carbocycles. The number of carbonyl (C=O) groups is 1. The van der Waals surface area contributed by atoms with Gasteiger partial charge in [-0.2, -0.15) is 0 Å². The molecule has 20 heavy (non-hydrogen) atoms. The van der Waals surface area contributed by atoms with Gasteiger partial charge in [-0.3, -0.25) is 0 Å². The third kappa shape index (κ3) is 7.40. The molecule has 0 aliphatic heterocycles. The van der Waals surface area contributed by atoms with Gasteiger partial charge in [-0.15, -0.1) is 0 Å². The normalized spacial score (nSPS) is 11.7. The number of methoxy groups -OCH3 is 1. The molecule has 0 saturated heterocycles. The molecule has 106 valence electrons. The van der Waals surface area contributed by atoms with Gasteiger partial charge in [0, 0.05) is 11.6 Å². The number of hydrogen-bond donors (Lipinski definition) is 1. The summed E-state index contributed by atoms with van der Waals surface area (Å²) in [6.45, 7) is 0. The molecule has 0 spiro atoms. The van der Waals surface area contributed by atoms with Gasteiger partial charge in [0.15, 0.2) is 0 Å². The molecular weight excluding hydrogens is 252 g/mol. The number of carbonyl (C=O) groups excluding carboxylic acids is 1. The lowest BCUT2D eigenvalue weighted by molar-refractivity contribution is -0.134. The minimum Gasteiger partial charge on any atom is -0.466 e. The zero-order valence-electron chi connectivity index (χ0n) is 11.7. The Morgan fingerprint density at radius 3 is 2.80 bits per heavy atom. The zero-order valence-corrected chi connectivity index (χ0v) is 11.7. The van der Waals surface area contributed by atoms with Crippen LogP contribution in [0.25, 0.3) is 0 Å². The summed E-state index contributed by atoms with van der Waals surface area (Å²) in [5.41, 5.74) is 0.910. The zero-order chi connectivity index (χ0) is 14.6. The summed E-state index contributed by atoms with van der Waals surface area (Å²) in [6, 6.07) is 9.60. The van der Waals surface area contributed by atoms with Gasteiger partial charge < -0.3 is 9.84 Å². The highest BCUT2D eigenvalue weighted by molar-refractivity contribution is 5.81. The van der Waals surface area contributed by atoms with Gasteiger partial charge in [0.1, 0.15) is 6.10 Å². The Labute approximate surface area is 120 Å². The van der Waals surface area contributed by atoms with Crippen molar-refractivity contribution in [3.63, 3.8) is 0 Å². The maximum absolute atomic E-state index is 10.8. The topological polar surface area (TPSA) is 46.5 Å². The smallest absolute Gasteiger partial charge is 0.330 e. The van der Waals surface area contributed by atoms with E-state index in [2.05, 4.69) is 16.6 Å². The molecule has 3 heteroatoms. The van der Waals surface area contributed by atoms with E-state index in [9.17, 15) is 9.90 Å². The third-order valence-electron chi connectivity index (χ3n) is 2.71. The minimum atomic E-state index is -0.597. The monoisotopic (exact) mass is 272 g/mol. The average molecular weight is 272 g/mol. The van der Waals surface area contributed by atoms with Gasteiger partial charge in [-0.1, -0.05) is 36.1 Å². The fraction of sp³-hybridized carbons (Fsp3) is 0.353. The van der Waals surface area contributed by atoms with Crippen LogP contribution in [0.4, 0.5) is 0 Å². The van der Waals surface area contributed by atoms with Crippen LogP contribution in [0, 0.1) is 11.8 Å². The molecule has 0 bridgehead atoms. The molecule has 1 aromatic carbocycles. The molecule has 0 fully saturated rings. The Hall–Kier alpha value is -2.05. The van der Waals surface area contributed by atoms with Crippen LogP contribution in [0.2, 0.25) is 0 Å². The average Bonchev–Trinajstić information content (AvgIpc) is 2.49. The molecule has 1 rings (SSSR count). The highest BCUT2D eigenvalue weighted by Crippen LogP contribution is 2.04. The molecule has 0 aromatic heterocycles. The van der Waals surface area contributed by atoms with E-state index < -0.39 is 6.10 Å². The molecule has 1 unspecified atom stereocenters. The Kier molecular flexibility index (Phi) is 7.86. The number of allylic oxidation sites excluding steroid dienone is 1. The third-order valence-corrected chi connectivity index (χ3v) is 2.71. The van der Waals surface area contributed by atoms with E-state index in [1.807, 2.05) is 30.3 Å². The largest absolute Gasteiger partial charge is 0.466 e. The van der Waals surface area contributed by atoms with Crippen molar-refractivity contribution in [2.45, 2.75) is 31.8 Å². The standard InChI is InChI=1S/C17H20O3/c1-20-17(19)12-8-3-2-7-11-16(18)14-13-15-9-5-4-6-10-15/h4-6,8-10,12,16,18H,2-3,7,11H2,1H3/b12-8+. The summed E-state index contributed by atoms with van der Waals surface area (Å²) >= 11 is 0. The molecule has 3 nitrogen and oxygen atoms in total. The summed E-state index contributed by atoms with van der Waals surface area (Å²) in [5.74, 6) is 5.44. The van der Waals surface area contributed by atoms with Crippen molar-refractivity contribution in [1.82, 2.24) is 0 Å². The number of unbranched alkanes of at least 4 members (excludes halogenated alkanes) is 2. The number of benzene rings is 1. The predicted octanol–water partition coefficient (Wildman–Crippen LogP) is 2.69. The first-order valence-corrected chi connectivity index (χ1v) is 6.71. The molecule has 0 aliphatic carbocycles. The number of aliphatic hydroxyl groups is 1. The molecular formula is C17H20O3. The minimum absolute atomic E-state index is 0.334. The van der Waals surface area contributed by atoms with E-state index in [0.29, 0.717) is 6.42 Å². The van der Waals surface area contributed by atoms with Crippen LogP contribution in [0.1, 0.15) is 31.2 Å². The fourth-order valence-electron chi connectivity index (χ4n) is 1.61. The lowest BCUT2D eigenvalue weighted by Gasteiger charge is -2.01. The summed E-state index contributed by atoms with van der Waals surface area (Å²) < 4.78 is 4.48. The number of esters is 1. The molecule has 0 aliphatic rings. The lowest BCUT2D eigenvalue weighted by Crippen LogP contribution is -2.02. The first-order chi connectivity index (χ1) is 9.72. The number of ether oxygens (including phenoxy) is 1. The second kappa shape index (κ2) is 9.82. The van der Waals surface area contributed by atoms with Crippen LogP contribution < -0.4 is 0 Å². The highest BCUT2D eigenvalue weighted by atomic mass is 16.5. The van der Waals surface area contributed by atoms with Gasteiger partial charge >= 0.3 is 5.97 Å². The molecule has 1 atom stereocenters. The van der Waals surface area contributed by atoms with Crippen molar-refractivity contribution in [2.75, 3.05) is 7.11 Å². The molecule has 0 heterocycles. The van der Waals surface area contributed by atoms with Crippen molar-refractivity contribution in [1.29, 1.82) is 0 Å². The molecule has 1 aromatic rings. The van der Waals surface area contributed by atoms with Gasteiger partial charge in [-0.05, 0) is 37.8 Å². The van der Waals surface area contributed by atoms with E-state index in [1.165, 1.54) is 13.2 Å². The summed E-state index contributed by atoms with van der Waals surface area (Å²) in [6.07, 6.45) is 5.84. The van der Waals surface area contributed by atoms with Crippen LogP contribution in [0.5, 0.6) is 0 Å². The van der Waals surface area contributed by atoms with E-state index in [1.54, 1.807) is 6.08 Å². The Bertz CT molecular complexity index is 480. The van der Waals surface area contributed by atoms with Crippen molar-refractivity contribution >= 4 is 5.97 Å². The van der Waals surface area contributed by atoms with Gasteiger partial charge in [0.05, 0.1) is 7.11 Å². The second-order valence-electron chi connectivity index (χ2n) is 4.36. The number of rotatable bonds is 6. The van der Waals surface area contributed by atoms with E-state index >= 15 is 0 Å². The van der Waals surface area contributed by atoms with Gasteiger partial charge in [0.2, 0.25) is 0 Å². The van der Waals surface area contributed by atoms with Crippen molar-refractivity contribution in [3.8, 4) is 11.8 Å². The van der Waals surface area contributed by atoms with Crippen molar-refractivity contribution < 1.29 is 14.6 Å².